The van der Waals surface area contributed by atoms with Gasteiger partial charge in [0.1, 0.15) is 16.7 Å². The van der Waals surface area contributed by atoms with Crippen LogP contribution in [0.1, 0.15) is 46.9 Å². The van der Waals surface area contributed by atoms with E-state index in [2.05, 4.69) is 4.98 Å². The average molecular weight is 385 g/mol. The van der Waals surface area contributed by atoms with Gasteiger partial charge in [0.15, 0.2) is 0 Å². The SMILES string of the molecule is CC1C(=O)N2CCCC2CN1C(=O)c1csc(C(N)Cc2ccccc2)n1. The van der Waals surface area contributed by atoms with Crippen molar-refractivity contribution < 1.29 is 9.59 Å². The molecule has 0 saturated carbocycles. The molecule has 2 aliphatic heterocycles. The number of benzene rings is 1. The Hall–Kier alpha value is -2.25. The van der Waals surface area contributed by atoms with E-state index in [-0.39, 0.29) is 23.9 Å². The number of nitrogens with two attached hydrogens (primary N) is 1. The number of carbonyl (C=O) groups excluding carboxylic acids is 2. The van der Waals surface area contributed by atoms with Crippen LogP contribution >= 0.6 is 11.3 Å². The van der Waals surface area contributed by atoms with E-state index in [1.807, 2.05) is 42.2 Å². The summed E-state index contributed by atoms with van der Waals surface area (Å²) >= 11 is 1.41. The van der Waals surface area contributed by atoms with Gasteiger partial charge in [0.2, 0.25) is 5.91 Å². The zero-order valence-electron chi connectivity index (χ0n) is 15.4. The lowest BCUT2D eigenvalue weighted by Crippen LogP contribution is -2.60. The highest BCUT2D eigenvalue weighted by molar-refractivity contribution is 7.09. The third-order valence-electron chi connectivity index (χ3n) is 5.51. The standard InChI is InChI=1S/C20H24N4O2S/c1-13-19(25)23-9-5-8-15(23)11-24(13)20(26)17-12-27-18(22-17)16(21)10-14-6-3-2-4-7-14/h2-4,6-7,12-13,15-16H,5,8-11,21H2,1H3. The fourth-order valence-electron chi connectivity index (χ4n) is 3.99. The Morgan fingerprint density at radius 2 is 2.15 bits per heavy atom. The zero-order valence-corrected chi connectivity index (χ0v) is 16.2. The van der Waals surface area contributed by atoms with E-state index in [4.69, 9.17) is 5.73 Å². The fourth-order valence-corrected chi connectivity index (χ4v) is 4.79. The second-order valence-corrected chi connectivity index (χ2v) is 8.22. The minimum Gasteiger partial charge on any atom is -0.336 e. The maximum atomic E-state index is 13.0. The average Bonchev–Trinajstić information content (AvgIpc) is 3.34. The van der Waals surface area contributed by atoms with E-state index in [0.717, 1.165) is 30.0 Å². The second-order valence-electron chi connectivity index (χ2n) is 7.33. The fraction of sp³-hybridized carbons (Fsp3) is 0.450. The van der Waals surface area contributed by atoms with Gasteiger partial charge in [-0.25, -0.2) is 4.98 Å². The Kier molecular flexibility index (Phi) is 4.97. The lowest BCUT2D eigenvalue weighted by Gasteiger charge is -2.41. The van der Waals surface area contributed by atoms with E-state index in [9.17, 15) is 9.59 Å². The number of hydrogen-bond donors (Lipinski definition) is 1. The molecule has 2 aromatic rings. The summed E-state index contributed by atoms with van der Waals surface area (Å²) in [7, 11) is 0. The Morgan fingerprint density at radius 3 is 2.93 bits per heavy atom. The molecule has 3 atom stereocenters. The van der Waals surface area contributed by atoms with Crippen LogP contribution in [0.3, 0.4) is 0 Å². The molecule has 142 valence electrons. The van der Waals surface area contributed by atoms with E-state index >= 15 is 0 Å². The minimum absolute atomic E-state index is 0.0494. The highest BCUT2D eigenvalue weighted by atomic mass is 32.1. The number of hydrogen-bond acceptors (Lipinski definition) is 5. The molecule has 1 aromatic carbocycles. The summed E-state index contributed by atoms with van der Waals surface area (Å²) in [6.07, 6.45) is 2.66. The topological polar surface area (TPSA) is 79.5 Å². The molecular formula is C20H24N4O2S. The van der Waals surface area contributed by atoms with E-state index in [1.54, 1.807) is 10.3 Å². The van der Waals surface area contributed by atoms with Gasteiger partial charge < -0.3 is 15.5 Å². The molecule has 3 heterocycles. The molecular weight excluding hydrogens is 360 g/mol. The molecule has 0 spiro atoms. The number of amides is 2. The number of carbonyl (C=O) groups is 2. The second kappa shape index (κ2) is 7.40. The number of nitrogens with zero attached hydrogens (tertiary/aromatic N) is 3. The van der Waals surface area contributed by atoms with Crippen molar-refractivity contribution in [1.82, 2.24) is 14.8 Å². The molecule has 6 nitrogen and oxygen atoms in total. The predicted octanol–water partition coefficient (Wildman–Crippen LogP) is 2.22. The van der Waals surface area contributed by atoms with Crippen molar-refractivity contribution in [3.8, 4) is 0 Å². The monoisotopic (exact) mass is 384 g/mol. The van der Waals surface area contributed by atoms with Crippen molar-refractivity contribution in [1.29, 1.82) is 0 Å². The molecule has 2 aliphatic rings. The summed E-state index contributed by atoms with van der Waals surface area (Å²) in [5, 5.41) is 2.52. The van der Waals surface area contributed by atoms with Crippen LogP contribution in [0.25, 0.3) is 0 Å². The lowest BCUT2D eigenvalue weighted by molar-refractivity contribution is -0.141. The van der Waals surface area contributed by atoms with Gasteiger partial charge in [0, 0.05) is 24.5 Å². The van der Waals surface area contributed by atoms with Crippen LogP contribution in [0.15, 0.2) is 35.7 Å². The number of piperazine rings is 1. The molecule has 0 radical (unpaired) electrons. The Balaban J connectivity index is 1.47. The van der Waals surface area contributed by atoms with Crippen LogP contribution in [0.4, 0.5) is 0 Å². The first kappa shape index (κ1) is 18.1. The highest BCUT2D eigenvalue weighted by Gasteiger charge is 2.42. The number of fused-ring (bicyclic) bond motifs is 1. The van der Waals surface area contributed by atoms with Crippen LogP contribution in [0.5, 0.6) is 0 Å². The van der Waals surface area contributed by atoms with Gasteiger partial charge >= 0.3 is 0 Å². The van der Waals surface area contributed by atoms with Crippen molar-refractivity contribution >= 4 is 23.2 Å². The van der Waals surface area contributed by atoms with Crippen molar-refractivity contribution in [3.63, 3.8) is 0 Å². The van der Waals surface area contributed by atoms with Gasteiger partial charge in [-0.1, -0.05) is 30.3 Å². The molecule has 2 fully saturated rings. The first-order chi connectivity index (χ1) is 13.0. The third-order valence-corrected chi connectivity index (χ3v) is 6.49. The molecule has 4 rings (SSSR count). The Morgan fingerprint density at radius 1 is 1.37 bits per heavy atom. The molecule has 3 unspecified atom stereocenters. The molecule has 2 N–H and O–H groups in total. The van der Waals surface area contributed by atoms with Crippen LogP contribution in [-0.4, -0.2) is 51.8 Å². The van der Waals surface area contributed by atoms with E-state index in [1.165, 1.54) is 11.3 Å². The smallest absolute Gasteiger partial charge is 0.274 e. The first-order valence-corrected chi connectivity index (χ1v) is 10.3. The molecule has 0 bridgehead atoms. The Bertz CT molecular complexity index is 838. The van der Waals surface area contributed by atoms with Gasteiger partial charge in [-0.05, 0) is 31.7 Å². The van der Waals surface area contributed by atoms with Gasteiger partial charge in [-0.2, -0.15) is 0 Å². The van der Waals surface area contributed by atoms with Gasteiger partial charge in [0.25, 0.3) is 5.91 Å². The molecule has 1 aromatic heterocycles. The van der Waals surface area contributed by atoms with E-state index < -0.39 is 6.04 Å². The van der Waals surface area contributed by atoms with E-state index in [0.29, 0.717) is 18.7 Å². The summed E-state index contributed by atoms with van der Waals surface area (Å²) in [5.41, 5.74) is 7.84. The van der Waals surface area contributed by atoms with Crippen molar-refractivity contribution in [2.75, 3.05) is 13.1 Å². The molecule has 2 saturated heterocycles. The quantitative estimate of drug-likeness (QED) is 0.877. The number of aromatic nitrogens is 1. The van der Waals surface area contributed by atoms with Gasteiger partial charge in [-0.15, -0.1) is 11.3 Å². The first-order valence-electron chi connectivity index (χ1n) is 9.41. The Labute approximate surface area is 163 Å². The summed E-state index contributed by atoms with van der Waals surface area (Å²) in [5.74, 6) is -0.120. The summed E-state index contributed by atoms with van der Waals surface area (Å²) < 4.78 is 0. The normalized spacial score (nSPS) is 23.4. The summed E-state index contributed by atoms with van der Waals surface area (Å²) in [6, 6.07) is 9.49. The molecule has 27 heavy (non-hydrogen) atoms. The van der Waals surface area contributed by atoms with Crippen LogP contribution in [0, 0.1) is 0 Å². The molecule has 7 heteroatoms. The van der Waals surface area contributed by atoms with Gasteiger partial charge in [0.05, 0.1) is 6.04 Å². The third kappa shape index (κ3) is 3.49. The van der Waals surface area contributed by atoms with Gasteiger partial charge in [-0.3, -0.25) is 9.59 Å². The predicted molar refractivity (Wildman–Crippen MR) is 104 cm³/mol. The lowest BCUT2D eigenvalue weighted by atomic mass is 10.1. The van der Waals surface area contributed by atoms with Crippen molar-refractivity contribution in [2.24, 2.45) is 5.73 Å². The van der Waals surface area contributed by atoms with Crippen molar-refractivity contribution in [2.45, 2.75) is 44.3 Å². The summed E-state index contributed by atoms with van der Waals surface area (Å²) in [6.45, 7) is 3.21. The molecule has 0 aliphatic carbocycles. The molecule has 2 amide bonds. The summed E-state index contributed by atoms with van der Waals surface area (Å²) in [4.78, 5) is 33.7. The number of thiazole rings is 1. The van der Waals surface area contributed by atoms with Crippen LogP contribution in [0.2, 0.25) is 0 Å². The zero-order chi connectivity index (χ0) is 19.0. The minimum atomic E-state index is -0.435. The maximum absolute atomic E-state index is 13.0. The van der Waals surface area contributed by atoms with Crippen LogP contribution in [-0.2, 0) is 11.2 Å². The maximum Gasteiger partial charge on any atom is 0.274 e. The number of rotatable bonds is 4. The highest BCUT2D eigenvalue weighted by Crippen LogP contribution is 2.28. The largest absolute Gasteiger partial charge is 0.336 e. The van der Waals surface area contributed by atoms with Crippen LogP contribution < -0.4 is 5.73 Å². The van der Waals surface area contributed by atoms with Crippen molar-refractivity contribution in [3.05, 3.63) is 52.0 Å².